The van der Waals surface area contributed by atoms with Crippen LogP contribution < -0.4 is 15.0 Å². The fourth-order valence-corrected chi connectivity index (χ4v) is 4.31. The molecule has 2 aromatic heterocycles. The number of thiazole rings is 1. The molecule has 3 aliphatic heterocycles. The van der Waals surface area contributed by atoms with Crippen LogP contribution in [-0.4, -0.2) is 52.0 Å². The fourth-order valence-electron chi connectivity index (χ4n) is 3.65. The lowest BCUT2D eigenvalue weighted by Crippen LogP contribution is -2.67. The maximum atomic E-state index is 14.4. The van der Waals surface area contributed by atoms with Crippen molar-refractivity contribution in [1.29, 1.82) is 0 Å². The predicted molar refractivity (Wildman–Crippen MR) is 105 cm³/mol. The van der Waals surface area contributed by atoms with Gasteiger partial charge in [-0.1, -0.05) is 0 Å². The summed E-state index contributed by atoms with van der Waals surface area (Å²) >= 11 is 1.42. The van der Waals surface area contributed by atoms with Gasteiger partial charge in [-0.2, -0.15) is 13.8 Å². The summed E-state index contributed by atoms with van der Waals surface area (Å²) in [6.07, 6.45) is -1.02. The molecule has 0 saturated carbocycles. The number of halogens is 2. The molecule has 0 aliphatic carbocycles. The number of fused-ring (bicyclic) bond motifs is 3. The van der Waals surface area contributed by atoms with Crippen molar-refractivity contribution in [2.24, 2.45) is 0 Å². The molecule has 0 spiro atoms. The number of ether oxygens (including phenoxy) is 1. The van der Waals surface area contributed by atoms with Crippen LogP contribution in [0.3, 0.4) is 0 Å². The summed E-state index contributed by atoms with van der Waals surface area (Å²) in [7, 11) is 0. The van der Waals surface area contributed by atoms with Gasteiger partial charge in [-0.25, -0.2) is 4.98 Å². The third-order valence-electron chi connectivity index (χ3n) is 5.30. The van der Waals surface area contributed by atoms with Crippen molar-refractivity contribution >= 4 is 28.5 Å². The van der Waals surface area contributed by atoms with Crippen molar-refractivity contribution in [3.8, 4) is 16.3 Å². The van der Waals surface area contributed by atoms with Gasteiger partial charge < -0.3 is 24.5 Å². The number of anilines is 1. The summed E-state index contributed by atoms with van der Waals surface area (Å²) in [5, 5.41) is 15.8. The fraction of sp³-hybridized carbons (Fsp3) is 0.474. The van der Waals surface area contributed by atoms with Gasteiger partial charge in [0.05, 0.1) is 0 Å². The van der Waals surface area contributed by atoms with Gasteiger partial charge in [0.25, 0.3) is 6.01 Å². The quantitative estimate of drug-likeness (QED) is 0.653. The second kappa shape index (κ2) is 6.35. The molecular weight excluding hydrogens is 402 g/mol. The number of oxazole rings is 1. The van der Waals surface area contributed by atoms with Crippen molar-refractivity contribution in [2.45, 2.75) is 44.1 Å². The normalized spacial score (nSPS) is 22.0. The molecule has 3 saturated heterocycles. The lowest BCUT2D eigenvalue weighted by atomic mass is 9.92. The number of hydrogen-bond donors (Lipinski definition) is 2. The number of piperazine rings is 1. The molecule has 6 rings (SSSR count). The summed E-state index contributed by atoms with van der Waals surface area (Å²) in [6, 6.07) is 4.19. The van der Waals surface area contributed by atoms with Crippen LogP contribution in [-0.2, 0) is 0 Å². The van der Waals surface area contributed by atoms with E-state index < -0.39 is 11.7 Å². The van der Waals surface area contributed by atoms with Gasteiger partial charge >= 0.3 is 6.11 Å². The highest BCUT2D eigenvalue weighted by Gasteiger charge is 2.49. The first kappa shape index (κ1) is 18.7. The Balaban J connectivity index is 1.60. The van der Waals surface area contributed by atoms with Crippen LogP contribution in [0.2, 0.25) is 0 Å². The monoisotopic (exact) mass is 422 g/mol. The highest BCUT2D eigenvalue weighted by Crippen LogP contribution is 2.41. The van der Waals surface area contributed by atoms with E-state index in [2.05, 4.69) is 15.3 Å². The summed E-state index contributed by atoms with van der Waals surface area (Å²) < 4.78 is 39.6. The number of rotatable bonds is 5. The minimum Gasteiger partial charge on any atom is -0.426 e. The van der Waals surface area contributed by atoms with Crippen molar-refractivity contribution in [3.05, 3.63) is 23.7 Å². The van der Waals surface area contributed by atoms with E-state index in [4.69, 9.17) is 9.15 Å². The van der Waals surface area contributed by atoms with E-state index in [1.54, 1.807) is 12.3 Å². The summed E-state index contributed by atoms with van der Waals surface area (Å²) in [5.41, 5.74) is -1.16. The second-order valence-electron chi connectivity index (χ2n) is 8.00. The zero-order valence-electron chi connectivity index (χ0n) is 15.9. The molecule has 0 amide bonds. The molecule has 3 fully saturated rings. The Hall–Kier alpha value is -2.30. The topological polar surface area (TPSA) is 83.7 Å². The molecule has 2 bridgehead atoms. The molecule has 1 aromatic carbocycles. The maximum Gasteiger partial charge on any atom is 0.426 e. The minimum absolute atomic E-state index is 0.115. The number of nitrogens with zero attached hydrogens (tertiary/aromatic N) is 3. The van der Waals surface area contributed by atoms with Crippen LogP contribution in [0.4, 0.5) is 14.8 Å². The average molecular weight is 422 g/mol. The number of aromatic nitrogens is 2. The van der Waals surface area contributed by atoms with Crippen molar-refractivity contribution in [3.63, 3.8) is 0 Å². The molecule has 5 heterocycles. The van der Waals surface area contributed by atoms with Gasteiger partial charge in [-0.05, 0) is 32.4 Å². The number of alkyl halides is 2. The molecule has 10 heteroatoms. The lowest BCUT2D eigenvalue weighted by Gasteiger charge is -2.47. The van der Waals surface area contributed by atoms with E-state index in [9.17, 15) is 13.9 Å². The SMILES string of the molecule is CC(C)(O)C(F)(F)Oc1ccc(-c2nccs2)c2nc(N3CC4CC(C3)N4)oc12. The van der Waals surface area contributed by atoms with Crippen LogP contribution in [0.15, 0.2) is 28.1 Å². The Morgan fingerprint density at radius 2 is 2.03 bits per heavy atom. The molecule has 2 unspecified atom stereocenters. The third kappa shape index (κ3) is 3.15. The molecule has 0 radical (unpaired) electrons. The Bertz CT molecular complexity index is 1030. The van der Waals surface area contributed by atoms with E-state index >= 15 is 0 Å². The summed E-state index contributed by atoms with van der Waals surface area (Å²) in [5.74, 6) is -0.175. The number of aliphatic hydroxyl groups is 1. The van der Waals surface area contributed by atoms with E-state index in [1.165, 1.54) is 17.4 Å². The van der Waals surface area contributed by atoms with Crippen LogP contribution >= 0.6 is 11.3 Å². The number of nitrogens with one attached hydrogen (secondary N) is 1. The van der Waals surface area contributed by atoms with E-state index in [1.807, 2.05) is 10.3 Å². The van der Waals surface area contributed by atoms with Gasteiger partial charge in [-0.15, -0.1) is 11.3 Å². The number of benzene rings is 1. The largest absolute Gasteiger partial charge is 0.426 e. The standard InChI is InChI=1S/C19H20F2N4O3S/c1-18(2,26)19(20,21)28-13-4-3-12(16-22-5-6-29-16)14-15(13)27-17(24-14)25-8-10-7-11(9-25)23-10/h3-6,10-11,23,26H,7-9H2,1-2H3. The van der Waals surface area contributed by atoms with Crippen LogP contribution in [0.5, 0.6) is 5.75 Å². The molecule has 7 nitrogen and oxygen atoms in total. The van der Waals surface area contributed by atoms with Gasteiger partial charge in [0.1, 0.15) is 10.5 Å². The predicted octanol–water partition coefficient (Wildman–Crippen LogP) is 3.24. The molecule has 3 aliphatic rings. The maximum absolute atomic E-state index is 14.4. The third-order valence-corrected chi connectivity index (χ3v) is 6.11. The van der Waals surface area contributed by atoms with Gasteiger partial charge in [0.2, 0.25) is 0 Å². The first-order valence-corrected chi connectivity index (χ1v) is 10.2. The van der Waals surface area contributed by atoms with Crippen LogP contribution in [0, 0.1) is 0 Å². The number of hydrogen-bond acceptors (Lipinski definition) is 8. The minimum atomic E-state index is -3.81. The van der Waals surface area contributed by atoms with Crippen molar-refractivity contribution in [1.82, 2.24) is 15.3 Å². The zero-order valence-corrected chi connectivity index (χ0v) is 16.7. The Labute approximate surface area is 169 Å². The van der Waals surface area contributed by atoms with Crippen molar-refractivity contribution < 1.29 is 23.0 Å². The molecule has 2 atom stereocenters. The molecular formula is C19H20F2N4O3S. The van der Waals surface area contributed by atoms with Crippen LogP contribution in [0.25, 0.3) is 21.7 Å². The zero-order chi connectivity index (χ0) is 20.4. The van der Waals surface area contributed by atoms with E-state index in [0.29, 0.717) is 34.2 Å². The average Bonchev–Trinajstić information content (AvgIpc) is 3.30. The van der Waals surface area contributed by atoms with Gasteiger partial charge in [-0.3, -0.25) is 0 Å². The first-order chi connectivity index (χ1) is 13.7. The highest BCUT2D eigenvalue weighted by atomic mass is 32.1. The van der Waals surface area contributed by atoms with Gasteiger partial charge in [0, 0.05) is 42.3 Å². The molecule has 3 aromatic rings. The number of piperidine rings is 1. The van der Waals surface area contributed by atoms with Crippen molar-refractivity contribution in [2.75, 3.05) is 18.0 Å². The van der Waals surface area contributed by atoms with E-state index in [-0.39, 0.29) is 11.3 Å². The van der Waals surface area contributed by atoms with Gasteiger partial charge in [0.15, 0.2) is 16.9 Å². The Kier molecular flexibility index (Phi) is 4.10. The molecule has 154 valence electrons. The summed E-state index contributed by atoms with van der Waals surface area (Å²) in [4.78, 5) is 10.9. The van der Waals surface area contributed by atoms with E-state index in [0.717, 1.165) is 33.4 Å². The highest BCUT2D eigenvalue weighted by molar-refractivity contribution is 7.13. The Morgan fingerprint density at radius 1 is 1.31 bits per heavy atom. The Morgan fingerprint density at radius 3 is 2.66 bits per heavy atom. The molecule has 2 N–H and O–H groups in total. The molecule has 29 heavy (non-hydrogen) atoms. The first-order valence-electron chi connectivity index (χ1n) is 9.35. The smallest absolute Gasteiger partial charge is 0.426 e. The van der Waals surface area contributed by atoms with Crippen LogP contribution in [0.1, 0.15) is 20.3 Å². The lowest BCUT2D eigenvalue weighted by molar-refractivity contribution is -0.275. The second-order valence-corrected chi connectivity index (χ2v) is 8.90. The summed E-state index contributed by atoms with van der Waals surface area (Å²) in [6.45, 7) is 3.47.